The van der Waals surface area contributed by atoms with Crippen molar-refractivity contribution in [1.82, 2.24) is 0 Å². The van der Waals surface area contributed by atoms with E-state index in [9.17, 15) is 0 Å². The summed E-state index contributed by atoms with van der Waals surface area (Å²) in [5, 5.41) is 0. The van der Waals surface area contributed by atoms with Crippen molar-refractivity contribution in [2.75, 3.05) is 26.6 Å². The lowest BCUT2D eigenvalue weighted by atomic mass is 10.3. The Labute approximate surface area is 87.3 Å². The molecule has 4 heteroatoms. The number of hydrogen-bond acceptors (Lipinski definition) is 4. The van der Waals surface area contributed by atoms with Crippen LogP contribution >= 0.6 is 11.8 Å². The molecule has 76 valence electrons. The topological polar surface area (TPSA) is 27.7 Å². The van der Waals surface area contributed by atoms with Crippen molar-refractivity contribution in [3.05, 3.63) is 12.1 Å². The van der Waals surface area contributed by atoms with Gasteiger partial charge in [-0.15, -0.1) is 11.8 Å². The van der Waals surface area contributed by atoms with Crippen molar-refractivity contribution in [3.8, 4) is 17.2 Å². The second kappa shape index (κ2) is 4.00. The summed E-state index contributed by atoms with van der Waals surface area (Å²) < 4.78 is 16.3. The zero-order valence-electron chi connectivity index (χ0n) is 8.20. The molecule has 0 N–H and O–H groups in total. The largest absolute Gasteiger partial charge is 0.492 e. The molecule has 0 atom stereocenters. The monoisotopic (exact) mass is 212 g/mol. The van der Waals surface area contributed by atoms with Crippen molar-refractivity contribution in [2.24, 2.45) is 0 Å². The van der Waals surface area contributed by atoms with E-state index in [4.69, 9.17) is 14.2 Å². The molecule has 0 aliphatic carbocycles. The minimum absolute atomic E-state index is 0.585. The van der Waals surface area contributed by atoms with Gasteiger partial charge in [0, 0.05) is 0 Å². The lowest BCUT2D eigenvalue weighted by molar-refractivity contribution is 0.164. The molecule has 0 spiro atoms. The van der Waals surface area contributed by atoms with Crippen molar-refractivity contribution >= 4 is 11.8 Å². The molecule has 0 unspecified atom stereocenters. The van der Waals surface area contributed by atoms with E-state index in [1.54, 1.807) is 18.9 Å². The number of thioether (sulfide) groups is 1. The molecular formula is C10H12O3S. The first-order valence-corrected chi connectivity index (χ1v) is 5.60. The smallest absolute Gasteiger partial charge is 0.204 e. The highest BCUT2D eigenvalue weighted by Gasteiger charge is 2.19. The molecule has 0 radical (unpaired) electrons. The van der Waals surface area contributed by atoms with Gasteiger partial charge in [-0.2, -0.15) is 0 Å². The number of hydrogen-bond donors (Lipinski definition) is 0. The first-order chi connectivity index (χ1) is 6.86. The summed E-state index contributed by atoms with van der Waals surface area (Å²) in [6, 6.07) is 3.90. The van der Waals surface area contributed by atoms with E-state index < -0.39 is 0 Å². The minimum atomic E-state index is 0.585. The van der Waals surface area contributed by atoms with Crippen LogP contribution in [0.4, 0.5) is 0 Å². The number of fused-ring (bicyclic) bond motifs is 1. The fourth-order valence-corrected chi connectivity index (χ4v) is 1.99. The Morgan fingerprint density at radius 2 is 2.07 bits per heavy atom. The first kappa shape index (κ1) is 9.52. The van der Waals surface area contributed by atoms with Gasteiger partial charge in [0.25, 0.3) is 0 Å². The summed E-state index contributed by atoms with van der Waals surface area (Å²) >= 11 is 1.63. The van der Waals surface area contributed by atoms with Gasteiger partial charge >= 0.3 is 0 Å². The van der Waals surface area contributed by atoms with E-state index in [0.717, 1.165) is 22.1 Å². The average Bonchev–Trinajstić information content (AvgIpc) is 2.27. The van der Waals surface area contributed by atoms with E-state index in [2.05, 4.69) is 0 Å². The second-order valence-electron chi connectivity index (χ2n) is 2.83. The highest BCUT2D eigenvalue weighted by atomic mass is 32.2. The van der Waals surface area contributed by atoms with Crippen LogP contribution in [0.2, 0.25) is 0 Å². The van der Waals surface area contributed by atoms with Gasteiger partial charge in [0.1, 0.15) is 13.2 Å². The first-order valence-electron chi connectivity index (χ1n) is 4.37. The van der Waals surface area contributed by atoms with Gasteiger partial charge in [0.2, 0.25) is 5.75 Å². The molecule has 0 amide bonds. The van der Waals surface area contributed by atoms with Gasteiger partial charge < -0.3 is 14.2 Å². The van der Waals surface area contributed by atoms with Gasteiger partial charge in [-0.1, -0.05) is 0 Å². The molecule has 1 aliphatic heterocycles. The van der Waals surface area contributed by atoms with Crippen LogP contribution in [-0.2, 0) is 0 Å². The predicted octanol–water partition coefficient (Wildman–Crippen LogP) is 2.19. The SMILES string of the molecule is COc1c(SC)ccc2c1OCCO2. The Morgan fingerprint density at radius 1 is 1.29 bits per heavy atom. The normalized spacial score (nSPS) is 13.9. The van der Waals surface area contributed by atoms with Crippen molar-refractivity contribution in [3.63, 3.8) is 0 Å². The molecule has 0 fully saturated rings. The summed E-state index contributed by atoms with van der Waals surface area (Å²) in [5.41, 5.74) is 0. The Morgan fingerprint density at radius 3 is 2.79 bits per heavy atom. The highest BCUT2D eigenvalue weighted by molar-refractivity contribution is 7.98. The zero-order chi connectivity index (χ0) is 9.97. The Bertz CT molecular complexity index is 323. The van der Waals surface area contributed by atoms with Crippen LogP contribution in [0.1, 0.15) is 0 Å². The summed E-state index contributed by atoms with van der Waals surface area (Å²) in [7, 11) is 1.65. The third kappa shape index (κ3) is 1.50. The molecule has 1 aromatic rings. The number of methoxy groups -OCH3 is 1. The van der Waals surface area contributed by atoms with Crippen LogP contribution in [0.25, 0.3) is 0 Å². The fourth-order valence-electron chi connectivity index (χ4n) is 1.43. The summed E-state index contributed by atoms with van der Waals surface area (Å²) in [5.74, 6) is 2.27. The molecule has 0 bridgehead atoms. The lowest BCUT2D eigenvalue weighted by Gasteiger charge is -2.21. The summed E-state index contributed by atoms with van der Waals surface area (Å²) in [6.45, 7) is 1.19. The molecule has 1 heterocycles. The van der Waals surface area contributed by atoms with Crippen LogP contribution in [-0.4, -0.2) is 26.6 Å². The standard InChI is InChI=1S/C10H12O3S/c1-11-10-8(14-2)4-3-7-9(10)13-6-5-12-7/h3-4H,5-6H2,1-2H3. The lowest BCUT2D eigenvalue weighted by Crippen LogP contribution is -2.16. The molecule has 2 rings (SSSR count). The molecule has 3 nitrogen and oxygen atoms in total. The molecular weight excluding hydrogens is 200 g/mol. The predicted molar refractivity (Wildman–Crippen MR) is 55.8 cm³/mol. The van der Waals surface area contributed by atoms with Crippen LogP contribution in [0, 0.1) is 0 Å². The highest BCUT2D eigenvalue weighted by Crippen LogP contribution is 2.44. The van der Waals surface area contributed by atoms with Gasteiger partial charge in [0.05, 0.1) is 12.0 Å². The van der Waals surface area contributed by atoms with E-state index in [1.807, 2.05) is 18.4 Å². The molecule has 1 aromatic carbocycles. The van der Waals surface area contributed by atoms with Gasteiger partial charge in [0.15, 0.2) is 11.5 Å². The maximum absolute atomic E-state index is 5.52. The van der Waals surface area contributed by atoms with Gasteiger partial charge in [-0.3, -0.25) is 0 Å². The van der Waals surface area contributed by atoms with Crippen molar-refractivity contribution in [1.29, 1.82) is 0 Å². The number of rotatable bonds is 2. The molecule has 0 aromatic heterocycles. The Kier molecular flexibility index (Phi) is 2.72. The second-order valence-corrected chi connectivity index (χ2v) is 3.67. The minimum Gasteiger partial charge on any atom is -0.492 e. The van der Waals surface area contributed by atoms with E-state index in [-0.39, 0.29) is 0 Å². The number of benzene rings is 1. The van der Waals surface area contributed by atoms with E-state index >= 15 is 0 Å². The van der Waals surface area contributed by atoms with E-state index in [1.165, 1.54) is 0 Å². The molecule has 14 heavy (non-hydrogen) atoms. The van der Waals surface area contributed by atoms with Gasteiger partial charge in [-0.25, -0.2) is 0 Å². The summed E-state index contributed by atoms with van der Waals surface area (Å²) in [6.07, 6.45) is 2.01. The molecule has 1 aliphatic rings. The van der Waals surface area contributed by atoms with Crippen LogP contribution < -0.4 is 14.2 Å². The summed E-state index contributed by atoms with van der Waals surface area (Å²) in [4.78, 5) is 1.07. The van der Waals surface area contributed by atoms with Crippen LogP contribution in [0.5, 0.6) is 17.2 Å². The third-order valence-electron chi connectivity index (χ3n) is 2.05. The maximum atomic E-state index is 5.52. The van der Waals surface area contributed by atoms with Crippen molar-refractivity contribution in [2.45, 2.75) is 4.90 Å². The molecule has 0 saturated carbocycles. The maximum Gasteiger partial charge on any atom is 0.204 e. The fraction of sp³-hybridized carbons (Fsp3) is 0.400. The average molecular weight is 212 g/mol. The van der Waals surface area contributed by atoms with Crippen LogP contribution in [0.3, 0.4) is 0 Å². The third-order valence-corrected chi connectivity index (χ3v) is 2.81. The van der Waals surface area contributed by atoms with Crippen molar-refractivity contribution < 1.29 is 14.2 Å². The number of ether oxygens (including phenoxy) is 3. The van der Waals surface area contributed by atoms with E-state index in [0.29, 0.717) is 13.2 Å². The van der Waals surface area contributed by atoms with Crippen LogP contribution in [0.15, 0.2) is 17.0 Å². The Balaban J connectivity index is 2.50. The quantitative estimate of drug-likeness (QED) is 0.702. The molecule has 0 saturated heterocycles. The Hall–Kier alpha value is -1.03. The zero-order valence-corrected chi connectivity index (χ0v) is 9.02. The van der Waals surface area contributed by atoms with Gasteiger partial charge in [-0.05, 0) is 18.4 Å².